The second-order valence-electron chi connectivity index (χ2n) is 8.10. The first-order chi connectivity index (χ1) is 16.0. The van der Waals surface area contributed by atoms with Crippen LogP contribution in [0.1, 0.15) is 36.5 Å². The molecule has 0 atom stereocenters. The number of carbonyl (C=O) groups excluding carboxylic acids is 1. The van der Waals surface area contributed by atoms with E-state index in [2.05, 4.69) is 24.4 Å². The molecule has 2 aromatic heterocycles. The van der Waals surface area contributed by atoms with Crippen molar-refractivity contribution in [3.05, 3.63) is 81.0 Å². The number of aryl methyl sites for hydroxylation is 3. The number of carbonyl (C=O) groups is 1. The number of anilines is 1. The molecule has 2 aromatic carbocycles. The van der Waals surface area contributed by atoms with Crippen LogP contribution in [0.4, 0.5) is 5.69 Å². The van der Waals surface area contributed by atoms with E-state index < -0.39 is 0 Å². The third-order valence-corrected chi connectivity index (χ3v) is 7.27. The van der Waals surface area contributed by atoms with Crippen LogP contribution in [0.5, 0.6) is 0 Å². The van der Waals surface area contributed by atoms with E-state index in [1.54, 1.807) is 4.57 Å². The predicted molar refractivity (Wildman–Crippen MR) is 139 cm³/mol. The summed E-state index contributed by atoms with van der Waals surface area (Å²) in [6, 6.07) is 15.9. The molecule has 5 nitrogen and oxygen atoms in total. The Bertz CT molecular complexity index is 1340. The number of nitrogens with zero attached hydrogens (tertiary/aromatic N) is 2. The highest BCUT2D eigenvalue weighted by molar-refractivity contribution is 7.99. The van der Waals surface area contributed by atoms with Crippen LogP contribution in [0.25, 0.3) is 15.9 Å². The van der Waals surface area contributed by atoms with Gasteiger partial charge in [0.1, 0.15) is 4.70 Å². The maximum Gasteiger partial charge on any atom is 0.276 e. The molecular weight excluding hydrogens is 450 g/mol. The number of thiophene rings is 1. The molecule has 0 unspecified atom stereocenters. The SMILES string of the molecule is CCCCc1ccc(NC(=O)CSc2nc3ccsc3c(=O)n2-c2cc(C)ccc2C)cc1. The van der Waals surface area contributed by atoms with Crippen molar-refractivity contribution in [1.29, 1.82) is 0 Å². The molecule has 0 saturated heterocycles. The minimum atomic E-state index is -0.131. The molecule has 33 heavy (non-hydrogen) atoms. The molecule has 4 rings (SSSR count). The van der Waals surface area contributed by atoms with Crippen LogP contribution in [0, 0.1) is 13.8 Å². The predicted octanol–water partition coefficient (Wildman–Crippen LogP) is 6.14. The molecule has 1 amide bonds. The fourth-order valence-electron chi connectivity index (χ4n) is 3.62. The molecule has 4 aromatic rings. The van der Waals surface area contributed by atoms with E-state index in [1.165, 1.54) is 28.7 Å². The number of aromatic nitrogens is 2. The standard InChI is InChI=1S/C26H27N3O2S2/c1-4-5-6-19-9-11-20(12-10-19)27-23(30)16-33-26-28-21-13-14-32-24(21)25(31)29(26)22-15-17(2)7-8-18(22)3/h7-15H,4-6,16H2,1-3H3,(H,27,30). The van der Waals surface area contributed by atoms with Crippen LogP contribution >= 0.6 is 23.1 Å². The third-order valence-electron chi connectivity index (χ3n) is 5.44. The highest BCUT2D eigenvalue weighted by Crippen LogP contribution is 2.26. The summed E-state index contributed by atoms with van der Waals surface area (Å²) in [6.45, 7) is 6.15. The van der Waals surface area contributed by atoms with Crippen molar-refractivity contribution in [2.75, 3.05) is 11.1 Å². The number of hydrogen-bond donors (Lipinski definition) is 1. The second kappa shape index (κ2) is 10.4. The topological polar surface area (TPSA) is 64.0 Å². The Kier molecular flexibility index (Phi) is 7.30. The number of amides is 1. The molecule has 0 aliphatic heterocycles. The number of unbranched alkanes of at least 4 members (excludes halogenated alkanes) is 1. The normalized spacial score (nSPS) is 11.1. The van der Waals surface area contributed by atoms with Crippen molar-refractivity contribution in [2.24, 2.45) is 0 Å². The van der Waals surface area contributed by atoms with Gasteiger partial charge in [0.15, 0.2) is 5.16 Å². The average Bonchev–Trinajstić information content (AvgIpc) is 3.28. The Hall–Kier alpha value is -2.90. The Labute approximate surface area is 201 Å². The zero-order chi connectivity index (χ0) is 23.4. The van der Waals surface area contributed by atoms with Gasteiger partial charge in [0.2, 0.25) is 5.91 Å². The maximum absolute atomic E-state index is 13.3. The summed E-state index contributed by atoms with van der Waals surface area (Å²) in [5.74, 6) is 0.0262. The molecule has 0 aliphatic rings. The van der Waals surface area contributed by atoms with Gasteiger partial charge in [-0.2, -0.15) is 0 Å². The Morgan fingerprint density at radius 3 is 2.67 bits per heavy atom. The van der Waals surface area contributed by atoms with Gasteiger partial charge < -0.3 is 5.32 Å². The van der Waals surface area contributed by atoms with Gasteiger partial charge in [-0.3, -0.25) is 14.2 Å². The Morgan fingerprint density at radius 1 is 1.12 bits per heavy atom. The number of hydrogen-bond acceptors (Lipinski definition) is 5. The number of thioether (sulfide) groups is 1. The quantitative estimate of drug-likeness (QED) is 0.245. The van der Waals surface area contributed by atoms with Gasteiger partial charge in [-0.1, -0.05) is 49.4 Å². The highest BCUT2D eigenvalue weighted by atomic mass is 32.2. The fourth-order valence-corrected chi connectivity index (χ4v) is 5.19. The lowest BCUT2D eigenvalue weighted by atomic mass is 10.1. The number of benzene rings is 2. The zero-order valence-corrected chi connectivity index (χ0v) is 20.7. The molecular formula is C26H27N3O2S2. The van der Waals surface area contributed by atoms with Crippen LogP contribution in [0.2, 0.25) is 0 Å². The molecule has 0 fully saturated rings. The zero-order valence-electron chi connectivity index (χ0n) is 19.1. The Balaban J connectivity index is 1.56. The van der Waals surface area contributed by atoms with Crippen molar-refractivity contribution >= 4 is 44.9 Å². The number of fused-ring (bicyclic) bond motifs is 1. The number of nitrogens with one attached hydrogen (secondary N) is 1. The van der Waals surface area contributed by atoms with Gasteiger partial charge in [0.05, 0.1) is 17.0 Å². The summed E-state index contributed by atoms with van der Waals surface area (Å²) in [4.78, 5) is 30.7. The van der Waals surface area contributed by atoms with Gasteiger partial charge >= 0.3 is 0 Å². The second-order valence-corrected chi connectivity index (χ2v) is 9.96. The summed E-state index contributed by atoms with van der Waals surface area (Å²) in [6.07, 6.45) is 3.37. The largest absolute Gasteiger partial charge is 0.325 e. The maximum atomic E-state index is 13.3. The molecule has 7 heteroatoms. The first-order valence-electron chi connectivity index (χ1n) is 11.1. The summed E-state index contributed by atoms with van der Waals surface area (Å²) in [5.41, 5.74) is 5.45. The van der Waals surface area contributed by atoms with Crippen LogP contribution < -0.4 is 10.9 Å². The van der Waals surface area contributed by atoms with E-state index in [1.807, 2.05) is 55.6 Å². The van der Waals surface area contributed by atoms with E-state index in [0.717, 1.165) is 41.8 Å². The summed E-state index contributed by atoms with van der Waals surface area (Å²) in [5, 5.41) is 5.34. The van der Waals surface area contributed by atoms with Crippen LogP contribution in [0.15, 0.2) is 63.9 Å². The smallest absolute Gasteiger partial charge is 0.276 e. The van der Waals surface area contributed by atoms with E-state index in [0.29, 0.717) is 15.4 Å². The fraction of sp³-hybridized carbons (Fsp3) is 0.269. The average molecular weight is 478 g/mol. The van der Waals surface area contributed by atoms with Crippen LogP contribution in [-0.2, 0) is 11.2 Å². The van der Waals surface area contributed by atoms with Crippen LogP contribution in [-0.4, -0.2) is 21.2 Å². The molecule has 2 heterocycles. The monoisotopic (exact) mass is 477 g/mol. The molecule has 170 valence electrons. The van der Waals surface area contributed by atoms with Crippen molar-refractivity contribution in [2.45, 2.75) is 45.2 Å². The van der Waals surface area contributed by atoms with Gasteiger partial charge in [-0.25, -0.2) is 4.98 Å². The molecule has 0 spiro atoms. The number of rotatable bonds is 8. The molecule has 0 bridgehead atoms. The summed E-state index contributed by atoms with van der Waals surface area (Å²) in [7, 11) is 0. The van der Waals surface area contributed by atoms with E-state index in [-0.39, 0.29) is 17.2 Å². The van der Waals surface area contributed by atoms with Gasteiger partial charge in [0, 0.05) is 5.69 Å². The summed E-state index contributed by atoms with van der Waals surface area (Å²) >= 11 is 2.66. The van der Waals surface area contributed by atoms with Gasteiger partial charge in [-0.15, -0.1) is 11.3 Å². The molecule has 0 saturated carbocycles. The third kappa shape index (κ3) is 5.37. The van der Waals surface area contributed by atoms with Crippen LogP contribution in [0.3, 0.4) is 0 Å². The van der Waals surface area contributed by atoms with Crippen molar-refractivity contribution in [1.82, 2.24) is 9.55 Å². The molecule has 0 aliphatic carbocycles. The van der Waals surface area contributed by atoms with E-state index >= 15 is 0 Å². The lowest BCUT2D eigenvalue weighted by Crippen LogP contribution is -2.23. The van der Waals surface area contributed by atoms with E-state index in [9.17, 15) is 9.59 Å². The first-order valence-corrected chi connectivity index (χ1v) is 12.9. The minimum absolute atomic E-state index is 0.103. The van der Waals surface area contributed by atoms with Crippen molar-refractivity contribution in [3.8, 4) is 5.69 Å². The first kappa shape index (κ1) is 23.3. The molecule has 0 radical (unpaired) electrons. The molecule has 1 N–H and O–H groups in total. The lowest BCUT2D eigenvalue weighted by Gasteiger charge is -2.15. The lowest BCUT2D eigenvalue weighted by molar-refractivity contribution is -0.113. The van der Waals surface area contributed by atoms with Gasteiger partial charge in [0.25, 0.3) is 5.56 Å². The minimum Gasteiger partial charge on any atom is -0.325 e. The van der Waals surface area contributed by atoms with E-state index in [4.69, 9.17) is 4.98 Å². The highest BCUT2D eigenvalue weighted by Gasteiger charge is 2.17. The van der Waals surface area contributed by atoms with Gasteiger partial charge in [-0.05, 0) is 73.0 Å². The summed E-state index contributed by atoms with van der Waals surface area (Å²) < 4.78 is 2.26. The van der Waals surface area contributed by atoms with Crippen molar-refractivity contribution in [3.63, 3.8) is 0 Å². The Morgan fingerprint density at radius 2 is 1.91 bits per heavy atom. The van der Waals surface area contributed by atoms with Crippen molar-refractivity contribution < 1.29 is 4.79 Å².